The summed E-state index contributed by atoms with van der Waals surface area (Å²) in [6.45, 7) is 0. The van der Waals surface area contributed by atoms with Crippen LogP contribution in [-0.2, 0) is 0 Å². The maximum atomic E-state index is 12.0. The molecule has 1 heterocycles. The summed E-state index contributed by atoms with van der Waals surface area (Å²) in [5.41, 5.74) is 2.30. The molecule has 0 spiro atoms. The van der Waals surface area contributed by atoms with Crippen LogP contribution in [0.2, 0.25) is 0 Å². The second-order valence-corrected chi connectivity index (χ2v) is 4.25. The molecule has 0 unspecified atom stereocenters. The second-order valence-electron chi connectivity index (χ2n) is 4.25. The van der Waals surface area contributed by atoms with Gasteiger partial charge in [0.1, 0.15) is 6.26 Å². The van der Waals surface area contributed by atoms with E-state index in [1.54, 1.807) is 18.3 Å². The zero-order valence-electron chi connectivity index (χ0n) is 10.6. The van der Waals surface area contributed by atoms with Crippen molar-refractivity contribution in [2.24, 2.45) is 0 Å². The van der Waals surface area contributed by atoms with Crippen molar-refractivity contribution in [1.82, 2.24) is 4.98 Å². The monoisotopic (exact) mass is 264 g/mol. The van der Waals surface area contributed by atoms with Crippen molar-refractivity contribution in [3.05, 3.63) is 77.8 Å². The van der Waals surface area contributed by atoms with Gasteiger partial charge in [-0.2, -0.15) is 4.74 Å². The van der Waals surface area contributed by atoms with Crippen molar-refractivity contribution in [2.45, 2.75) is 0 Å². The lowest BCUT2D eigenvalue weighted by Crippen LogP contribution is -1.98. The minimum absolute atomic E-state index is 0.568. The Kier molecular flexibility index (Phi) is 3.29. The van der Waals surface area contributed by atoms with Crippen LogP contribution in [0.4, 0.5) is 5.69 Å². The quantitative estimate of drug-likeness (QED) is 0.314. The average Bonchev–Trinajstić information content (AvgIpc) is 3.03. The van der Waals surface area contributed by atoms with Gasteiger partial charge >= 0.3 is 0 Å². The van der Waals surface area contributed by atoms with Crippen LogP contribution >= 0.6 is 0 Å². The third kappa shape index (κ3) is 2.59. The molecule has 20 heavy (non-hydrogen) atoms. The van der Waals surface area contributed by atoms with Gasteiger partial charge in [-0.05, 0) is 24.3 Å². The van der Waals surface area contributed by atoms with E-state index in [-0.39, 0.29) is 0 Å². The largest absolute Gasteiger partial charge is 0.618 e. The zero-order valence-corrected chi connectivity index (χ0v) is 10.6. The summed E-state index contributed by atoms with van der Waals surface area (Å²) in [5.74, 6) is 0.568. The number of para-hydroxylation sites is 1. The average molecular weight is 264 g/mol. The smallest absolute Gasteiger partial charge is 0.225 e. The Hall–Kier alpha value is -2.88. The minimum Gasteiger partial charge on any atom is -0.618 e. The van der Waals surface area contributed by atoms with Crippen molar-refractivity contribution in [1.29, 1.82) is 0 Å². The molecule has 3 aromatic rings. The molecule has 4 heteroatoms. The lowest BCUT2D eigenvalue weighted by Gasteiger charge is -2.02. The Bertz CT molecular complexity index is 702. The van der Waals surface area contributed by atoms with Crippen molar-refractivity contribution >= 4 is 11.9 Å². The lowest BCUT2D eigenvalue weighted by atomic mass is 10.1. The molecule has 3 rings (SSSR count). The Balaban J connectivity index is 1.85. The van der Waals surface area contributed by atoms with Gasteiger partial charge in [0.2, 0.25) is 11.6 Å². The maximum absolute atomic E-state index is 12.0. The number of hydrogen-bond donors (Lipinski definition) is 0. The number of oxazole rings is 1. The summed E-state index contributed by atoms with van der Waals surface area (Å²) in [6.07, 6.45) is 4.67. The van der Waals surface area contributed by atoms with Crippen LogP contribution < -0.4 is 0 Å². The molecule has 0 aliphatic rings. The first-order valence-electron chi connectivity index (χ1n) is 6.19. The molecule has 0 N–H and O–H groups in total. The topological polar surface area (TPSA) is 52.1 Å². The van der Waals surface area contributed by atoms with E-state index in [0.29, 0.717) is 11.6 Å². The Labute approximate surface area is 116 Å². The number of aromatic nitrogens is 1. The summed E-state index contributed by atoms with van der Waals surface area (Å²) < 4.78 is 6.06. The molecule has 0 saturated carbocycles. The van der Waals surface area contributed by atoms with Crippen LogP contribution in [0.5, 0.6) is 0 Å². The molecule has 0 saturated heterocycles. The molecule has 0 amide bonds. The Morgan fingerprint density at radius 3 is 2.40 bits per heavy atom. The summed E-state index contributed by atoms with van der Waals surface area (Å²) in [6, 6.07) is 16.5. The van der Waals surface area contributed by atoms with Gasteiger partial charge in [0.25, 0.3) is 0 Å². The minimum atomic E-state index is 0.568. The summed E-state index contributed by atoms with van der Waals surface area (Å²) in [5, 5.41) is 12.0. The van der Waals surface area contributed by atoms with Crippen LogP contribution in [0.3, 0.4) is 0 Å². The number of nitrogens with zero attached hydrogens (tertiary/aromatic N) is 2. The predicted molar refractivity (Wildman–Crippen MR) is 76.8 cm³/mol. The van der Waals surface area contributed by atoms with Crippen LogP contribution in [0, 0.1) is 5.21 Å². The third-order valence-electron chi connectivity index (χ3n) is 2.87. The van der Waals surface area contributed by atoms with E-state index < -0.39 is 0 Å². The highest BCUT2D eigenvalue weighted by molar-refractivity contribution is 5.77. The fourth-order valence-electron chi connectivity index (χ4n) is 1.86. The van der Waals surface area contributed by atoms with Crippen molar-refractivity contribution in [3.63, 3.8) is 0 Å². The van der Waals surface area contributed by atoms with Gasteiger partial charge in [0.15, 0.2) is 6.21 Å². The van der Waals surface area contributed by atoms with Crippen LogP contribution in [-0.4, -0.2) is 15.9 Å². The Morgan fingerprint density at radius 1 is 1.00 bits per heavy atom. The van der Waals surface area contributed by atoms with E-state index in [2.05, 4.69) is 4.98 Å². The molecule has 2 aromatic carbocycles. The molecule has 0 aliphatic heterocycles. The van der Waals surface area contributed by atoms with Gasteiger partial charge in [0.05, 0.1) is 6.20 Å². The molecule has 0 atom stereocenters. The standard InChI is InChI=1S/C16H12N2O2/c19-18(15-4-2-1-3-5-15)12-13-6-8-14(9-7-13)16-17-10-11-20-16/h1-12H. The first-order valence-corrected chi connectivity index (χ1v) is 6.19. The van der Waals surface area contributed by atoms with Crippen LogP contribution in [0.15, 0.2) is 71.5 Å². The third-order valence-corrected chi connectivity index (χ3v) is 2.87. The van der Waals surface area contributed by atoms with E-state index in [0.717, 1.165) is 15.9 Å². The fraction of sp³-hybridized carbons (Fsp3) is 0. The molecule has 0 aliphatic carbocycles. The Morgan fingerprint density at radius 2 is 1.75 bits per heavy atom. The number of benzene rings is 2. The second kappa shape index (κ2) is 5.40. The zero-order chi connectivity index (χ0) is 13.8. The van der Waals surface area contributed by atoms with E-state index >= 15 is 0 Å². The van der Waals surface area contributed by atoms with Crippen molar-refractivity contribution < 1.29 is 9.16 Å². The number of rotatable bonds is 3. The van der Waals surface area contributed by atoms with Gasteiger partial charge in [-0.3, -0.25) is 0 Å². The molecular weight excluding hydrogens is 252 g/mol. The highest BCUT2D eigenvalue weighted by atomic mass is 16.5. The van der Waals surface area contributed by atoms with Gasteiger partial charge in [-0.15, -0.1) is 0 Å². The molecule has 98 valence electrons. The first kappa shape index (κ1) is 12.2. The molecule has 0 bridgehead atoms. The summed E-state index contributed by atoms with van der Waals surface area (Å²) in [7, 11) is 0. The van der Waals surface area contributed by atoms with Gasteiger partial charge in [-0.25, -0.2) is 4.98 Å². The predicted octanol–water partition coefficient (Wildman–Crippen LogP) is 3.60. The van der Waals surface area contributed by atoms with Crippen LogP contribution in [0.1, 0.15) is 5.56 Å². The van der Waals surface area contributed by atoms with Crippen molar-refractivity contribution in [3.8, 4) is 11.5 Å². The van der Waals surface area contributed by atoms with Crippen molar-refractivity contribution in [2.75, 3.05) is 0 Å². The SMILES string of the molecule is [O-][N+](=Cc1ccc(-c2ncco2)cc1)c1ccccc1. The van der Waals surface area contributed by atoms with E-state index in [4.69, 9.17) is 4.42 Å². The van der Waals surface area contributed by atoms with Gasteiger partial charge in [-0.1, -0.05) is 18.2 Å². The normalized spacial score (nSPS) is 11.5. The van der Waals surface area contributed by atoms with Gasteiger partial charge in [0, 0.05) is 23.3 Å². The van der Waals surface area contributed by atoms with Crippen LogP contribution in [0.25, 0.3) is 11.5 Å². The molecular formula is C16H12N2O2. The highest BCUT2D eigenvalue weighted by Gasteiger charge is 2.03. The highest BCUT2D eigenvalue weighted by Crippen LogP contribution is 2.17. The number of hydrogen-bond acceptors (Lipinski definition) is 3. The molecule has 0 fully saturated rings. The fourth-order valence-corrected chi connectivity index (χ4v) is 1.86. The first-order chi connectivity index (χ1) is 9.83. The molecule has 1 aromatic heterocycles. The molecule has 4 nitrogen and oxygen atoms in total. The van der Waals surface area contributed by atoms with E-state index in [1.807, 2.05) is 42.5 Å². The van der Waals surface area contributed by atoms with E-state index in [1.165, 1.54) is 12.5 Å². The van der Waals surface area contributed by atoms with E-state index in [9.17, 15) is 5.21 Å². The lowest BCUT2D eigenvalue weighted by molar-refractivity contribution is -0.354. The maximum Gasteiger partial charge on any atom is 0.225 e. The van der Waals surface area contributed by atoms with Gasteiger partial charge < -0.3 is 9.62 Å². The summed E-state index contributed by atoms with van der Waals surface area (Å²) >= 11 is 0. The molecule has 0 radical (unpaired) electrons. The summed E-state index contributed by atoms with van der Waals surface area (Å²) in [4.78, 5) is 4.08.